The lowest BCUT2D eigenvalue weighted by Gasteiger charge is -2.31. The number of hydrogen-bond acceptors (Lipinski definition) is 4. The van der Waals surface area contributed by atoms with Crippen LogP contribution in [0, 0.1) is 0 Å². The van der Waals surface area contributed by atoms with Crippen LogP contribution in [0.25, 0.3) is 0 Å². The first-order valence-electron chi connectivity index (χ1n) is 6.98. The van der Waals surface area contributed by atoms with Crippen molar-refractivity contribution in [3.8, 4) is 0 Å². The van der Waals surface area contributed by atoms with Gasteiger partial charge in [0.25, 0.3) is 0 Å². The molecule has 0 aromatic heterocycles. The molecular weight excluding hydrogens is 246 g/mol. The maximum absolute atomic E-state index is 12.2. The fourth-order valence-corrected chi connectivity index (χ4v) is 2.34. The molecule has 5 heteroatoms. The number of esters is 1. The highest BCUT2D eigenvalue weighted by Crippen LogP contribution is 2.29. The number of carbonyl (C=O) groups excluding carboxylic acids is 2. The zero-order chi connectivity index (χ0) is 14.6. The Kier molecular flexibility index (Phi) is 5.20. The molecule has 1 saturated heterocycles. The first kappa shape index (κ1) is 15.8. The van der Waals surface area contributed by atoms with Crippen molar-refractivity contribution < 1.29 is 19.1 Å². The number of likely N-dealkylation sites (tertiary alicyclic amines) is 1. The molecule has 0 saturated carbocycles. The minimum Gasteiger partial charge on any atom is -0.464 e. The Bertz CT molecular complexity index is 335. The highest BCUT2D eigenvalue weighted by atomic mass is 16.6. The molecule has 2 atom stereocenters. The molecule has 5 nitrogen and oxygen atoms in total. The van der Waals surface area contributed by atoms with Gasteiger partial charge in [-0.25, -0.2) is 9.59 Å². The predicted octanol–water partition coefficient (Wildman–Crippen LogP) is 2.73. The van der Waals surface area contributed by atoms with E-state index >= 15 is 0 Å². The molecule has 0 aliphatic carbocycles. The quantitative estimate of drug-likeness (QED) is 0.741. The third kappa shape index (κ3) is 4.11. The molecule has 0 aromatic rings. The molecule has 1 aliphatic heterocycles. The summed E-state index contributed by atoms with van der Waals surface area (Å²) in [5.74, 6) is -0.329. The summed E-state index contributed by atoms with van der Waals surface area (Å²) < 4.78 is 10.4. The maximum atomic E-state index is 12.2. The summed E-state index contributed by atoms with van der Waals surface area (Å²) in [5, 5.41) is 0. The molecule has 0 unspecified atom stereocenters. The number of nitrogens with zero attached hydrogens (tertiary/aromatic N) is 1. The number of carbonyl (C=O) groups is 2. The molecule has 1 aliphatic rings. The van der Waals surface area contributed by atoms with Crippen LogP contribution in [-0.2, 0) is 14.3 Å². The summed E-state index contributed by atoms with van der Waals surface area (Å²) in [6.07, 6.45) is 1.86. The van der Waals surface area contributed by atoms with E-state index in [1.54, 1.807) is 11.8 Å². The Morgan fingerprint density at radius 1 is 1.21 bits per heavy atom. The van der Waals surface area contributed by atoms with Crippen molar-refractivity contribution in [3.05, 3.63) is 0 Å². The largest absolute Gasteiger partial charge is 0.464 e. The molecule has 19 heavy (non-hydrogen) atoms. The van der Waals surface area contributed by atoms with Gasteiger partial charge in [-0.1, -0.05) is 6.92 Å². The minimum absolute atomic E-state index is 0.0595. The van der Waals surface area contributed by atoms with Crippen LogP contribution in [0.1, 0.15) is 53.9 Å². The van der Waals surface area contributed by atoms with Crippen LogP contribution in [0.2, 0.25) is 0 Å². The Morgan fingerprint density at radius 3 is 2.32 bits per heavy atom. The van der Waals surface area contributed by atoms with Gasteiger partial charge in [0.05, 0.1) is 6.61 Å². The van der Waals surface area contributed by atoms with Gasteiger partial charge in [0.15, 0.2) is 0 Å². The van der Waals surface area contributed by atoms with Crippen molar-refractivity contribution in [2.75, 3.05) is 6.61 Å². The first-order chi connectivity index (χ1) is 8.80. The molecule has 1 heterocycles. The Labute approximate surface area is 115 Å². The van der Waals surface area contributed by atoms with E-state index in [1.807, 2.05) is 27.7 Å². The van der Waals surface area contributed by atoms with Crippen LogP contribution in [0.5, 0.6) is 0 Å². The summed E-state index contributed by atoms with van der Waals surface area (Å²) in [6, 6.07) is -0.441. The first-order valence-corrected chi connectivity index (χ1v) is 6.98. The number of rotatable bonds is 3. The lowest BCUT2D eigenvalue weighted by molar-refractivity contribution is -0.148. The molecule has 1 rings (SSSR count). The van der Waals surface area contributed by atoms with Crippen molar-refractivity contribution in [3.63, 3.8) is 0 Å². The van der Waals surface area contributed by atoms with Crippen LogP contribution < -0.4 is 0 Å². The predicted molar refractivity (Wildman–Crippen MR) is 71.8 cm³/mol. The van der Waals surface area contributed by atoms with Crippen LogP contribution >= 0.6 is 0 Å². The zero-order valence-electron chi connectivity index (χ0n) is 12.6. The molecular formula is C14H25NO4. The Hall–Kier alpha value is -1.26. The minimum atomic E-state index is -0.558. The van der Waals surface area contributed by atoms with E-state index in [9.17, 15) is 9.59 Å². The van der Waals surface area contributed by atoms with E-state index in [0.29, 0.717) is 13.0 Å². The van der Waals surface area contributed by atoms with Gasteiger partial charge in [0.1, 0.15) is 11.6 Å². The number of ether oxygens (including phenoxy) is 2. The standard InChI is InChI=1S/C14H25NO4/c1-6-10-8-9-11(12(16)18-7-2)15(10)13(17)19-14(3,4)5/h10-11H,6-9H2,1-5H3/t10-,11-/m0/s1. The van der Waals surface area contributed by atoms with E-state index in [4.69, 9.17) is 9.47 Å². The average molecular weight is 271 g/mol. The normalized spacial score (nSPS) is 23.3. The highest BCUT2D eigenvalue weighted by molar-refractivity contribution is 5.82. The number of hydrogen-bond donors (Lipinski definition) is 0. The fourth-order valence-electron chi connectivity index (χ4n) is 2.34. The molecule has 1 amide bonds. The average Bonchev–Trinajstić information content (AvgIpc) is 2.70. The van der Waals surface area contributed by atoms with Crippen LogP contribution in [0.15, 0.2) is 0 Å². The topological polar surface area (TPSA) is 55.8 Å². The van der Waals surface area contributed by atoms with Gasteiger partial charge in [-0.15, -0.1) is 0 Å². The lowest BCUT2D eigenvalue weighted by atomic mass is 10.1. The third-order valence-electron chi connectivity index (χ3n) is 3.14. The second-order valence-electron chi connectivity index (χ2n) is 5.79. The summed E-state index contributed by atoms with van der Waals surface area (Å²) in [5.41, 5.74) is -0.558. The van der Waals surface area contributed by atoms with Crippen molar-refractivity contribution in [1.82, 2.24) is 4.90 Å². The van der Waals surface area contributed by atoms with Gasteiger partial charge in [-0.05, 0) is 47.0 Å². The van der Waals surface area contributed by atoms with Gasteiger partial charge in [-0.3, -0.25) is 4.90 Å². The molecule has 0 spiro atoms. The van der Waals surface area contributed by atoms with E-state index in [-0.39, 0.29) is 12.0 Å². The highest BCUT2D eigenvalue weighted by Gasteiger charge is 2.42. The molecule has 1 fully saturated rings. The van der Waals surface area contributed by atoms with Gasteiger partial charge in [0, 0.05) is 6.04 Å². The van der Waals surface area contributed by atoms with Crippen LogP contribution in [0.4, 0.5) is 4.79 Å². The smallest absolute Gasteiger partial charge is 0.411 e. The summed E-state index contributed by atoms with van der Waals surface area (Å²) >= 11 is 0. The molecule has 0 radical (unpaired) electrons. The van der Waals surface area contributed by atoms with Gasteiger partial charge < -0.3 is 9.47 Å². The SMILES string of the molecule is CCOC(=O)[C@@H]1CC[C@H](CC)N1C(=O)OC(C)(C)C. The fraction of sp³-hybridized carbons (Fsp3) is 0.857. The van der Waals surface area contributed by atoms with Gasteiger partial charge in [0.2, 0.25) is 0 Å². The van der Waals surface area contributed by atoms with Crippen molar-refractivity contribution in [2.24, 2.45) is 0 Å². The second kappa shape index (κ2) is 6.26. The lowest BCUT2D eigenvalue weighted by Crippen LogP contribution is -2.47. The number of amides is 1. The van der Waals surface area contributed by atoms with E-state index in [2.05, 4.69) is 0 Å². The Morgan fingerprint density at radius 2 is 1.84 bits per heavy atom. The summed E-state index contributed by atoms with van der Waals surface area (Å²) in [7, 11) is 0. The van der Waals surface area contributed by atoms with Gasteiger partial charge in [-0.2, -0.15) is 0 Å². The van der Waals surface area contributed by atoms with Crippen molar-refractivity contribution in [2.45, 2.75) is 71.6 Å². The maximum Gasteiger partial charge on any atom is 0.411 e. The summed E-state index contributed by atoms with van der Waals surface area (Å²) in [4.78, 5) is 25.7. The molecule has 0 aromatic carbocycles. The molecule has 110 valence electrons. The second-order valence-corrected chi connectivity index (χ2v) is 5.79. The monoisotopic (exact) mass is 271 g/mol. The van der Waals surface area contributed by atoms with Gasteiger partial charge >= 0.3 is 12.1 Å². The van der Waals surface area contributed by atoms with E-state index < -0.39 is 17.7 Å². The van der Waals surface area contributed by atoms with Crippen molar-refractivity contribution in [1.29, 1.82) is 0 Å². The third-order valence-corrected chi connectivity index (χ3v) is 3.14. The Balaban J connectivity index is 2.82. The van der Waals surface area contributed by atoms with E-state index in [0.717, 1.165) is 12.8 Å². The zero-order valence-corrected chi connectivity index (χ0v) is 12.6. The summed E-state index contributed by atoms with van der Waals surface area (Å²) in [6.45, 7) is 9.57. The molecule has 0 N–H and O–H groups in total. The van der Waals surface area contributed by atoms with Crippen molar-refractivity contribution >= 4 is 12.1 Å². The van der Waals surface area contributed by atoms with Crippen LogP contribution in [-0.4, -0.2) is 41.3 Å². The van der Waals surface area contributed by atoms with Crippen LogP contribution in [0.3, 0.4) is 0 Å². The molecule has 0 bridgehead atoms. The van der Waals surface area contributed by atoms with E-state index in [1.165, 1.54) is 0 Å².